The second-order valence-electron chi connectivity index (χ2n) is 4.85. The number of carbonyl (C=O) groups excluding carboxylic acids is 2. The summed E-state index contributed by atoms with van der Waals surface area (Å²) in [4.78, 5) is 22.7. The molecule has 2 amide bonds. The van der Waals surface area contributed by atoms with Crippen LogP contribution in [0.1, 0.15) is 34.6 Å². The first-order valence-corrected chi connectivity index (χ1v) is 5.05. The van der Waals surface area contributed by atoms with Gasteiger partial charge in [0.15, 0.2) is 0 Å². The summed E-state index contributed by atoms with van der Waals surface area (Å²) >= 11 is 0. The molecule has 0 radical (unpaired) electrons. The van der Waals surface area contributed by atoms with Crippen LogP contribution in [0.3, 0.4) is 0 Å². The van der Waals surface area contributed by atoms with Gasteiger partial charge in [-0.1, -0.05) is 6.92 Å². The molecule has 0 saturated carbocycles. The highest BCUT2D eigenvalue weighted by molar-refractivity contribution is 5.87. The van der Waals surface area contributed by atoms with E-state index in [9.17, 15) is 9.59 Å². The lowest BCUT2D eigenvalue weighted by molar-refractivity contribution is -0.159. The van der Waals surface area contributed by atoms with Crippen molar-refractivity contribution in [3.05, 3.63) is 0 Å². The molecule has 2 unspecified atom stereocenters. The molecule has 0 aliphatic carbocycles. The first-order chi connectivity index (χ1) is 6.72. The molecule has 1 saturated heterocycles. The molecule has 1 aliphatic rings. The second-order valence-corrected chi connectivity index (χ2v) is 4.85. The number of hydrogen-bond donors (Lipinski definition) is 1. The van der Waals surface area contributed by atoms with Gasteiger partial charge < -0.3 is 4.74 Å². The van der Waals surface area contributed by atoms with Gasteiger partial charge in [-0.15, -0.1) is 0 Å². The smallest absolute Gasteiger partial charge is 0.426 e. The number of ether oxygens (including phenoxy) is 1. The molecule has 1 N–H and O–H groups in total. The van der Waals surface area contributed by atoms with E-state index in [2.05, 4.69) is 5.43 Å². The van der Waals surface area contributed by atoms with Crippen LogP contribution in [0.15, 0.2) is 0 Å². The third kappa shape index (κ3) is 2.61. The van der Waals surface area contributed by atoms with Crippen molar-refractivity contribution in [3.63, 3.8) is 0 Å². The van der Waals surface area contributed by atoms with Gasteiger partial charge in [0.05, 0.1) is 12.0 Å². The molecule has 5 heteroatoms. The van der Waals surface area contributed by atoms with Crippen LogP contribution in [0, 0.1) is 5.92 Å². The Balaban J connectivity index is 2.44. The lowest BCUT2D eigenvalue weighted by atomic mass is 9.93. The number of nitrogens with one attached hydrogen (secondary N) is 1. The van der Waals surface area contributed by atoms with Gasteiger partial charge in [0, 0.05) is 0 Å². The maximum Gasteiger partial charge on any atom is 0.426 e. The summed E-state index contributed by atoms with van der Waals surface area (Å²) in [5, 5.41) is 1.30. The first-order valence-electron chi connectivity index (χ1n) is 5.05. The van der Waals surface area contributed by atoms with Crippen molar-refractivity contribution in [3.8, 4) is 0 Å². The minimum atomic E-state index is -0.588. The lowest BCUT2D eigenvalue weighted by Gasteiger charge is -2.43. The van der Waals surface area contributed by atoms with Gasteiger partial charge in [0.1, 0.15) is 5.60 Å². The molecule has 1 rings (SSSR count). The highest BCUT2D eigenvalue weighted by atomic mass is 16.6. The van der Waals surface area contributed by atoms with E-state index in [1.807, 2.05) is 13.8 Å². The van der Waals surface area contributed by atoms with Crippen molar-refractivity contribution in [2.75, 3.05) is 0 Å². The Labute approximate surface area is 89.7 Å². The van der Waals surface area contributed by atoms with Crippen LogP contribution in [-0.4, -0.2) is 28.7 Å². The number of amides is 2. The van der Waals surface area contributed by atoms with Crippen molar-refractivity contribution in [1.82, 2.24) is 10.4 Å². The van der Waals surface area contributed by atoms with Crippen LogP contribution in [0.2, 0.25) is 0 Å². The summed E-state index contributed by atoms with van der Waals surface area (Å²) < 4.78 is 5.03. The van der Waals surface area contributed by atoms with E-state index in [1.54, 1.807) is 20.8 Å². The Bertz CT molecular complexity index is 283. The zero-order chi connectivity index (χ0) is 11.8. The second kappa shape index (κ2) is 3.72. The van der Waals surface area contributed by atoms with Crippen LogP contribution in [-0.2, 0) is 9.53 Å². The Morgan fingerprint density at radius 1 is 1.40 bits per heavy atom. The Morgan fingerprint density at radius 2 is 1.93 bits per heavy atom. The van der Waals surface area contributed by atoms with Crippen LogP contribution in [0.25, 0.3) is 0 Å². The summed E-state index contributed by atoms with van der Waals surface area (Å²) in [6.45, 7) is 9.04. The van der Waals surface area contributed by atoms with Gasteiger partial charge in [0.25, 0.3) is 0 Å². The fourth-order valence-electron chi connectivity index (χ4n) is 1.32. The predicted octanol–water partition coefficient (Wildman–Crippen LogP) is 1.29. The zero-order valence-electron chi connectivity index (χ0n) is 9.83. The molecule has 0 bridgehead atoms. The summed E-state index contributed by atoms with van der Waals surface area (Å²) in [7, 11) is 0. The number of β-lactam (4-membered cyclic amide) rings is 1. The van der Waals surface area contributed by atoms with E-state index in [4.69, 9.17) is 4.74 Å². The van der Waals surface area contributed by atoms with Crippen LogP contribution >= 0.6 is 0 Å². The topological polar surface area (TPSA) is 58.6 Å². The molecule has 1 aliphatic heterocycles. The molecule has 0 spiro atoms. The molecule has 5 nitrogen and oxygen atoms in total. The van der Waals surface area contributed by atoms with Gasteiger partial charge in [-0.25, -0.2) is 15.2 Å². The quantitative estimate of drug-likeness (QED) is 0.669. The number of carbonyl (C=O) groups is 2. The number of nitrogens with zero attached hydrogens (tertiary/aromatic N) is 1. The number of rotatable bonds is 1. The minimum absolute atomic E-state index is 0.0278. The molecular weight excluding hydrogens is 196 g/mol. The third-order valence-corrected chi connectivity index (χ3v) is 2.37. The van der Waals surface area contributed by atoms with E-state index in [0.29, 0.717) is 0 Å². The largest absolute Gasteiger partial charge is 0.443 e. The Kier molecular flexibility index (Phi) is 2.93. The van der Waals surface area contributed by atoms with E-state index in [0.717, 1.165) is 0 Å². The average Bonchev–Trinajstić information content (AvgIpc) is 2.09. The summed E-state index contributed by atoms with van der Waals surface area (Å²) in [5.74, 6) is -0.103. The Morgan fingerprint density at radius 3 is 2.33 bits per heavy atom. The normalized spacial score (nSPS) is 25.9. The lowest BCUT2D eigenvalue weighted by Crippen LogP contribution is -2.65. The van der Waals surface area contributed by atoms with Gasteiger partial charge in [-0.2, -0.15) is 0 Å². The standard InChI is InChI=1S/C10H18N2O3/c1-6-7(2)12(8(6)13)11-9(14)15-10(3,4)5/h6-7H,1-5H3,(H,11,14). The molecular formula is C10H18N2O3. The molecule has 0 aromatic heterocycles. The fourth-order valence-corrected chi connectivity index (χ4v) is 1.32. The summed E-state index contributed by atoms with van der Waals surface area (Å²) in [6, 6.07) is 0.0324. The van der Waals surface area contributed by atoms with Crippen molar-refractivity contribution in [2.45, 2.75) is 46.3 Å². The summed E-state index contributed by atoms with van der Waals surface area (Å²) in [6.07, 6.45) is -0.588. The highest BCUT2D eigenvalue weighted by Crippen LogP contribution is 2.23. The van der Waals surface area contributed by atoms with Crippen molar-refractivity contribution in [1.29, 1.82) is 0 Å². The highest BCUT2D eigenvalue weighted by Gasteiger charge is 2.42. The zero-order valence-corrected chi connectivity index (χ0v) is 9.83. The average molecular weight is 214 g/mol. The van der Waals surface area contributed by atoms with Crippen LogP contribution in [0.5, 0.6) is 0 Å². The summed E-state index contributed by atoms with van der Waals surface area (Å²) in [5.41, 5.74) is 1.88. The van der Waals surface area contributed by atoms with Crippen molar-refractivity contribution < 1.29 is 14.3 Å². The first kappa shape index (κ1) is 11.8. The van der Waals surface area contributed by atoms with Gasteiger partial charge in [0.2, 0.25) is 5.91 Å². The maximum atomic E-state index is 11.3. The van der Waals surface area contributed by atoms with E-state index in [-0.39, 0.29) is 17.9 Å². The fraction of sp³-hybridized carbons (Fsp3) is 0.800. The molecule has 2 atom stereocenters. The monoisotopic (exact) mass is 214 g/mol. The molecule has 15 heavy (non-hydrogen) atoms. The van der Waals surface area contributed by atoms with Gasteiger partial charge >= 0.3 is 6.09 Å². The minimum Gasteiger partial charge on any atom is -0.443 e. The molecule has 86 valence electrons. The maximum absolute atomic E-state index is 11.3. The Hall–Kier alpha value is -1.26. The van der Waals surface area contributed by atoms with Crippen LogP contribution < -0.4 is 5.43 Å². The molecule has 0 aromatic rings. The van der Waals surface area contributed by atoms with E-state index < -0.39 is 11.7 Å². The van der Waals surface area contributed by atoms with Crippen molar-refractivity contribution in [2.24, 2.45) is 5.92 Å². The molecule has 1 fully saturated rings. The van der Waals surface area contributed by atoms with Gasteiger partial charge in [-0.3, -0.25) is 4.79 Å². The van der Waals surface area contributed by atoms with Gasteiger partial charge in [-0.05, 0) is 27.7 Å². The SMILES string of the molecule is CC1C(=O)N(NC(=O)OC(C)(C)C)C1C. The predicted molar refractivity (Wildman–Crippen MR) is 54.8 cm³/mol. The van der Waals surface area contributed by atoms with E-state index >= 15 is 0 Å². The third-order valence-electron chi connectivity index (χ3n) is 2.37. The number of hydrogen-bond acceptors (Lipinski definition) is 3. The molecule has 0 aromatic carbocycles. The van der Waals surface area contributed by atoms with Crippen molar-refractivity contribution >= 4 is 12.0 Å². The van der Waals surface area contributed by atoms with E-state index in [1.165, 1.54) is 5.01 Å². The number of hydrazine groups is 1. The van der Waals surface area contributed by atoms with Crippen LogP contribution in [0.4, 0.5) is 4.79 Å². The molecule has 1 heterocycles.